The highest BCUT2D eigenvalue weighted by atomic mass is 79.9. The van der Waals surface area contributed by atoms with Gasteiger partial charge in [-0.15, -0.1) is 0 Å². The number of likely N-dealkylation sites (N-methyl/N-ethyl adjacent to an activating group) is 1. The van der Waals surface area contributed by atoms with E-state index in [1.165, 1.54) is 11.9 Å². The van der Waals surface area contributed by atoms with E-state index in [-0.39, 0.29) is 6.04 Å². The fourth-order valence-electron chi connectivity index (χ4n) is 2.13. The first-order chi connectivity index (χ1) is 10.1. The van der Waals surface area contributed by atoms with Crippen LogP contribution in [0.3, 0.4) is 0 Å². The van der Waals surface area contributed by atoms with Crippen LogP contribution in [0, 0.1) is 0 Å². The van der Waals surface area contributed by atoms with E-state index in [9.17, 15) is 0 Å². The molecule has 4 nitrogen and oxygen atoms in total. The maximum Gasteiger partial charge on any atom is 0.216 e. The molecule has 6 heteroatoms. The Bertz CT molecular complexity index is 607. The zero-order valence-corrected chi connectivity index (χ0v) is 15.1. The predicted molar refractivity (Wildman–Crippen MR) is 90.5 cm³/mol. The Morgan fingerprint density at radius 1 is 1.24 bits per heavy atom. The van der Waals surface area contributed by atoms with E-state index >= 15 is 0 Å². The summed E-state index contributed by atoms with van der Waals surface area (Å²) in [4.78, 5) is 8.37. The lowest BCUT2D eigenvalue weighted by Crippen LogP contribution is -2.23. The van der Waals surface area contributed by atoms with Gasteiger partial charge in [0.05, 0.1) is 7.11 Å². The molecule has 112 valence electrons. The van der Waals surface area contributed by atoms with Gasteiger partial charge in [0.25, 0.3) is 0 Å². The quantitative estimate of drug-likeness (QED) is 0.778. The van der Waals surface area contributed by atoms with Crippen molar-refractivity contribution in [2.24, 2.45) is 0 Å². The van der Waals surface area contributed by atoms with Crippen LogP contribution in [0.4, 0.5) is 0 Å². The van der Waals surface area contributed by atoms with Crippen molar-refractivity contribution in [1.82, 2.24) is 15.3 Å². The molecule has 0 aliphatic heterocycles. The van der Waals surface area contributed by atoms with E-state index in [0.29, 0.717) is 5.88 Å². The summed E-state index contributed by atoms with van der Waals surface area (Å²) in [5.74, 6) is 0.587. The zero-order valence-electron chi connectivity index (χ0n) is 11.9. The van der Waals surface area contributed by atoms with E-state index in [2.05, 4.69) is 60.1 Å². The van der Waals surface area contributed by atoms with Crippen LogP contribution in [0.1, 0.15) is 24.2 Å². The first kappa shape index (κ1) is 16.4. The van der Waals surface area contributed by atoms with Gasteiger partial charge in [-0.3, -0.25) is 0 Å². The van der Waals surface area contributed by atoms with E-state index in [1.54, 1.807) is 7.11 Å². The van der Waals surface area contributed by atoms with Gasteiger partial charge in [0.2, 0.25) is 5.88 Å². The third kappa shape index (κ3) is 4.49. The minimum atomic E-state index is 0.168. The minimum Gasteiger partial charge on any atom is -0.481 e. The first-order valence-corrected chi connectivity index (χ1v) is 8.26. The molecule has 0 radical (unpaired) electrons. The molecule has 0 aliphatic rings. The summed E-state index contributed by atoms with van der Waals surface area (Å²) in [6, 6.07) is 8.22. The number of nitrogens with zero attached hydrogens (tertiary/aromatic N) is 2. The molecule has 0 spiro atoms. The molecule has 0 saturated carbocycles. The monoisotopic (exact) mass is 413 g/mol. The fraction of sp³-hybridized carbons (Fsp3) is 0.333. The van der Waals surface area contributed by atoms with Crippen LogP contribution in [-0.4, -0.2) is 23.6 Å². The van der Waals surface area contributed by atoms with Crippen molar-refractivity contribution in [2.75, 3.05) is 13.7 Å². The van der Waals surface area contributed by atoms with Crippen LogP contribution >= 0.6 is 31.9 Å². The second-order valence-corrected chi connectivity index (χ2v) is 6.30. The van der Waals surface area contributed by atoms with Crippen LogP contribution in [0.5, 0.6) is 5.88 Å². The highest BCUT2D eigenvalue weighted by Crippen LogP contribution is 2.29. The molecule has 0 amide bonds. The fourth-order valence-corrected chi connectivity index (χ4v) is 3.03. The lowest BCUT2D eigenvalue weighted by molar-refractivity contribution is 0.395. The van der Waals surface area contributed by atoms with Crippen molar-refractivity contribution >= 4 is 31.9 Å². The molecule has 0 bridgehead atoms. The Labute approximate surface area is 141 Å². The molecule has 1 aromatic carbocycles. The Morgan fingerprint density at radius 2 is 2.05 bits per heavy atom. The van der Waals surface area contributed by atoms with Crippen LogP contribution in [0.25, 0.3) is 0 Å². The zero-order chi connectivity index (χ0) is 15.2. The summed E-state index contributed by atoms with van der Waals surface area (Å²) in [5.41, 5.74) is 2.14. The molecular formula is C15H17Br2N3O. The highest BCUT2D eigenvalue weighted by Gasteiger charge is 2.16. The maximum absolute atomic E-state index is 5.16. The molecule has 1 N–H and O–H groups in total. The van der Waals surface area contributed by atoms with Gasteiger partial charge in [0.1, 0.15) is 6.33 Å². The summed E-state index contributed by atoms with van der Waals surface area (Å²) in [6.07, 6.45) is 2.30. The SMILES string of the molecule is CCNC(Cc1cc(OC)ncn1)c1cc(Br)ccc1Br. The lowest BCUT2D eigenvalue weighted by Gasteiger charge is -2.20. The second kappa shape index (κ2) is 7.87. The van der Waals surface area contributed by atoms with Crippen molar-refractivity contribution in [1.29, 1.82) is 0 Å². The predicted octanol–water partition coefficient (Wildman–Crippen LogP) is 3.90. The molecule has 1 heterocycles. The number of hydrogen-bond acceptors (Lipinski definition) is 4. The van der Waals surface area contributed by atoms with Gasteiger partial charge in [-0.25, -0.2) is 9.97 Å². The summed E-state index contributed by atoms with van der Waals surface area (Å²) >= 11 is 7.15. The van der Waals surface area contributed by atoms with Gasteiger partial charge in [-0.1, -0.05) is 38.8 Å². The second-order valence-electron chi connectivity index (χ2n) is 4.53. The number of halogens is 2. The van der Waals surface area contributed by atoms with Crippen molar-refractivity contribution in [3.63, 3.8) is 0 Å². The van der Waals surface area contributed by atoms with E-state index < -0.39 is 0 Å². The van der Waals surface area contributed by atoms with Crippen molar-refractivity contribution in [3.8, 4) is 5.88 Å². The number of aromatic nitrogens is 2. The van der Waals surface area contributed by atoms with E-state index in [4.69, 9.17) is 4.74 Å². The van der Waals surface area contributed by atoms with Gasteiger partial charge >= 0.3 is 0 Å². The molecule has 1 aromatic heterocycles. The van der Waals surface area contributed by atoms with Gasteiger partial charge in [0.15, 0.2) is 0 Å². The molecule has 2 rings (SSSR count). The average Bonchev–Trinajstić information content (AvgIpc) is 2.49. The molecule has 0 saturated heterocycles. The molecule has 0 aliphatic carbocycles. The Kier molecular flexibility index (Phi) is 6.14. The van der Waals surface area contributed by atoms with Crippen LogP contribution in [0.2, 0.25) is 0 Å². The summed E-state index contributed by atoms with van der Waals surface area (Å²) in [7, 11) is 1.61. The summed E-state index contributed by atoms with van der Waals surface area (Å²) in [5, 5.41) is 3.50. The number of nitrogens with one attached hydrogen (secondary N) is 1. The number of hydrogen-bond donors (Lipinski definition) is 1. The molecule has 2 aromatic rings. The van der Waals surface area contributed by atoms with Crippen molar-refractivity contribution in [2.45, 2.75) is 19.4 Å². The smallest absolute Gasteiger partial charge is 0.216 e. The van der Waals surface area contributed by atoms with Crippen molar-refractivity contribution < 1.29 is 4.74 Å². The Morgan fingerprint density at radius 3 is 2.76 bits per heavy atom. The molecule has 1 unspecified atom stereocenters. The number of ether oxygens (including phenoxy) is 1. The minimum absolute atomic E-state index is 0.168. The Balaban J connectivity index is 2.28. The topological polar surface area (TPSA) is 47.0 Å². The maximum atomic E-state index is 5.16. The van der Waals surface area contributed by atoms with Crippen LogP contribution < -0.4 is 10.1 Å². The third-order valence-electron chi connectivity index (χ3n) is 3.11. The number of methoxy groups -OCH3 is 1. The van der Waals surface area contributed by atoms with Gasteiger partial charge in [0, 0.05) is 33.2 Å². The highest BCUT2D eigenvalue weighted by molar-refractivity contribution is 9.11. The molecule has 1 atom stereocenters. The largest absolute Gasteiger partial charge is 0.481 e. The van der Waals surface area contributed by atoms with E-state index in [0.717, 1.165) is 27.6 Å². The lowest BCUT2D eigenvalue weighted by atomic mass is 10.0. The Hall–Kier alpha value is -0.980. The third-order valence-corrected chi connectivity index (χ3v) is 4.32. The molecule has 0 fully saturated rings. The molecule has 21 heavy (non-hydrogen) atoms. The van der Waals surface area contributed by atoms with Crippen LogP contribution in [-0.2, 0) is 6.42 Å². The average molecular weight is 415 g/mol. The van der Waals surface area contributed by atoms with E-state index in [1.807, 2.05) is 18.2 Å². The normalized spacial score (nSPS) is 12.2. The first-order valence-electron chi connectivity index (χ1n) is 6.67. The van der Waals surface area contributed by atoms with Gasteiger partial charge in [-0.05, 0) is 30.3 Å². The van der Waals surface area contributed by atoms with Crippen molar-refractivity contribution in [3.05, 3.63) is 50.8 Å². The molecular weight excluding hydrogens is 398 g/mol. The number of rotatable bonds is 6. The number of benzene rings is 1. The summed E-state index contributed by atoms with van der Waals surface area (Å²) < 4.78 is 7.30. The van der Waals surface area contributed by atoms with Gasteiger partial charge < -0.3 is 10.1 Å². The summed E-state index contributed by atoms with van der Waals surface area (Å²) in [6.45, 7) is 2.98. The van der Waals surface area contributed by atoms with Gasteiger partial charge in [-0.2, -0.15) is 0 Å². The standard InChI is InChI=1S/C15H17Br2N3O/c1-3-18-14(12-6-10(16)4-5-13(12)17)7-11-8-15(21-2)20-9-19-11/h4-6,8-9,14,18H,3,7H2,1-2H3. The van der Waals surface area contributed by atoms with Crippen LogP contribution in [0.15, 0.2) is 39.5 Å².